The van der Waals surface area contributed by atoms with E-state index in [1.807, 2.05) is 0 Å². The number of hydrogen-bond acceptors (Lipinski definition) is 2. The highest BCUT2D eigenvalue weighted by molar-refractivity contribution is 6.21. The SMILES string of the molecule is c1ccc(-c2ccc(N(c3ccc(-c4ccc5c(c4)c4ccccc4n5-c4ccccc4)cc3)c3cccc4c3oc3ccc5ccccc5c34)cc2)cc1. The molecule has 0 aliphatic heterocycles. The van der Waals surface area contributed by atoms with Crippen molar-refractivity contribution in [3.8, 4) is 27.9 Å². The molecule has 0 spiro atoms. The molecule has 0 aliphatic carbocycles. The van der Waals surface area contributed by atoms with Crippen molar-refractivity contribution < 1.29 is 4.42 Å². The minimum Gasteiger partial charge on any atom is -0.454 e. The average Bonchev–Trinajstić information content (AvgIpc) is 3.81. The van der Waals surface area contributed by atoms with Crippen LogP contribution < -0.4 is 4.90 Å². The minimum atomic E-state index is 0.866. The Morgan fingerprint density at radius 1 is 0.382 bits per heavy atom. The first-order valence-electron chi connectivity index (χ1n) is 18.8. The van der Waals surface area contributed by atoms with E-state index in [0.717, 1.165) is 50.3 Å². The van der Waals surface area contributed by atoms with Crippen molar-refractivity contribution in [2.24, 2.45) is 0 Å². The molecule has 3 nitrogen and oxygen atoms in total. The number of aromatic nitrogens is 1. The number of benzene rings is 9. The number of nitrogens with zero attached hydrogens (tertiary/aromatic N) is 2. The van der Waals surface area contributed by atoms with Gasteiger partial charge < -0.3 is 13.9 Å². The summed E-state index contributed by atoms with van der Waals surface area (Å²) in [4.78, 5) is 2.32. The van der Waals surface area contributed by atoms with Gasteiger partial charge in [-0.25, -0.2) is 0 Å². The van der Waals surface area contributed by atoms with Crippen molar-refractivity contribution >= 4 is 71.6 Å². The van der Waals surface area contributed by atoms with Crippen LogP contribution in [0.3, 0.4) is 0 Å². The van der Waals surface area contributed by atoms with Gasteiger partial charge in [0.25, 0.3) is 0 Å². The number of para-hydroxylation sites is 3. The standard InChI is InChI=1S/C52H34N2O/c1-3-12-35(13-4-1)36-22-28-41(29-23-36)53(49-21-11-19-45-51-43-17-8-7-14-38(43)27-33-50(51)55-52(45)49)42-30-24-37(25-31-42)39-26-32-48-46(34-39)44-18-9-10-20-47(44)54(48)40-15-5-2-6-16-40/h1-34H. The maximum absolute atomic E-state index is 6.77. The molecule has 11 aromatic rings. The topological polar surface area (TPSA) is 21.3 Å². The lowest BCUT2D eigenvalue weighted by Crippen LogP contribution is -2.10. The molecule has 0 saturated heterocycles. The molecule has 2 heterocycles. The summed E-state index contributed by atoms with van der Waals surface area (Å²) in [6.45, 7) is 0. The van der Waals surface area contributed by atoms with E-state index < -0.39 is 0 Å². The molecule has 0 saturated carbocycles. The van der Waals surface area contributed by atoms with Crippen molar-refractivity contribution in [2.45, 2.75) is 0 Å². The van der Waals surface area contributed by atoms with Crippen molar-refractivity contribution in [2.75, 3.05) is 4.90 Å². The molecule has 0 atom stereocenters. The van der Waals surface area contributed by atoms with Gasteiger partial charge in [-0.15, -0.1) is 0 Å². The Morgan fingerprint density at radius 2 is 0.964 bits per heavy atom. The van der Waals surface area contributed by atoms with Crippen molar-refractivity contribution in [3.63, 3.8) is 0 Å². The Kier molecular flexibility index (Phi) is 7.17. The van der Waals surface area contributed by atoms with Crippen LogP contribution in [0, 0.1) is 0 Å². The molecule has 0 fully saturated rings. The lowest BCUT2D eigenvalue weighted by Gasteiger charge is -2.26. The molecule has 258 valence electrons. The molecule has 11 rings (SSSR count). The normalized spacial score (nSPS) is 11.6. The van der Waals surface area contributed by atoms with E-state index in [1.165, 1.54) is 49.3 Å². The molecule has 3 heteroatoms. The summed E-state index contributed by atoms with van der Waals surface area (Å²) in [7, 11) is 0. The Morgan fingerprint density at radius 3 is 1.73 bits per heavy atom. The summed E-state index contributed by atoms with van der Waals surface area (Å²) < 4.78 is 9.13. The highest BCUT2D eigenvalue weighted by Gasteiger charge is 2.21. The van der Waals surface area contributed by atoms with Gasteiger partial charge in [0.15, 0.2) is 5.58 Å². The highest BCUT2D eigenvalue weighted by atomic mass is 16.3. The molecular weight excluding hydrogens is 669 g/mol. The lowest BCUT2D eigenvalue weighted by molar-refractivity contribution is 0.669. The van der Waals surface area contributed by atoms with Gasteiger partial charge >= 0.3 is 0 Å². The number of fused-ring (bicyclic) bond motifs is 8. The van der Waals surface area contributed by atoms with Crippen LogP contribution in [0.5, 0.6) is 0 Å². The summed E-state index contributed by atoms with van der Waals surface area (Å²) in [5.41, 5.74) is 13.1. The predicted octanol–water partition coefficient (Wildman–Crippen LogP) is 14.6. The summed E-state index contributed by atoms with van der Waals surface area (Å²) >= 11 is 0. The van der Waals surface area contributed by atoms with E-state index >= 15 is 0 Å². The average molecular weight is 703 g/mol. The van der Waals surface area contributed by atoms with E-state index in [0.29, 0.717) is 0 Å². The fraction of sp³-hybridized carbons (Fsp3) is 0. The summed E-state index contributed by atoms with van der Waals surface area (Å²) in [5, 5.41) is 7.14. The maximum atomic E-state index is 6.77. The minimum absolute atomic E-state index is 0.866. The molecule has 0 radical (unpaired) electrons. The third kappa shape index (κ3) is 5.13. The van der Waals surface area contributed by atoms with Gasteiger partial charge in [0, 0.05) is 38.6 Å². The molecule has 0 aliphatic rings. The van der Waals surface area contributed by atoms with Gasteiger partial charge in [-0.1, -0.05) is 140 Å². The predicted molar refractivity (Wildman–Crippen MR) is 231 cm³/mol. The maximum Gasteiger partial charge on any atom is 0.159 e. The van der Waals surface area contributed by atoms with E-state index in [9.17, 15) is 0 Å². The van der Waals surface area contributed by atoms with Crippen LogP contribution in [-0.4, -0.2) is 4.57 Å². The largest absolute Gasteiger partial charge is 0.454 e. The van der Waals surface area contributed by atoms with Crippen LogP contribution in [0.15, 0.2) is 211 Å². The monoisotopic (exact) mass is 702 g/mol. The number of hydrogen-bond donors (Lipinski definition) is 0. The highest BCUT2D eigenvalue weighted by Crippen LogP contribution is 2.44. The number of anilines is 3. The summed E-state index contributed by atoms with van der Waals surface area (Å²) in [5.74, 6) is 0. The second-order valence-corrected chi connectivity index (χ2v) is 14.1. The Bertz CT molecular complexity index is 3180. The van der Waals surface area contributed by atoms with E-state index in [2.05, 4.69) is 216 Å². The molecule has 0 amide bonds. The second kappa shape index (κ2) is 12.6. The van der Waals surface area contributed by atoms with E-state index in [-0.39, 0.29) is 0 Å². The molecule has 55 heavy (non-hydrogen) atoms. The van der Waals surface area contributed by atoms with Gasteiger partial charge in [-0.3, -0.25) is 0 Å². The van der Waals surface area contributed by atoms with Crippen molar-refractivity contribution in [3.05, 3.63) is 206 Å². The quantitative estimate of drug-likeness (QED) is 0.172. The van der Waals surface area contributed by atoms with Crippen LogP contribution >= 0.6 is 0 Å². The van der Waals surface area contributed by atoms with Gasteiger partial charge in [0.05, 0.1) is 16.7 Å². The van der Waals surface area contributed by atoms with Gasteiger partial charge in [-0.05, 0) is 99.8 Å². The zero-order chi connectivity index (χ0) is 36.3. The molecule has 0 bridgehead atoms. The molecule has 0 N–H and O–H groups in total. The third-order valence-electron chi connectivity index (χ3n) is 11.0. The molecular formula is C52H34N2O. The smallest absolute Gasteiger partial charge is 0.159 e. The van der Waals surface area contributed by atoms with Crippen LogP contribution in [0.25, 0.3) is 82.5 Å². The lowest BCUT2D eigenvalue weighted by atomic mass is 10.0. The molecule has 0 unspecified atom stereocenters. The molecule has 9 aromatic carbocycles. The first kappa shape index (κ1) is 31.2. The Hall–Kier alpha value is -7.36. The van der Waals surface area contributed by atoms with Gasteiger partial charge in [0.1, 0.15) is 5.58 Å². The first-order chi connectivity index (χ1) is 27.3. The number of furan rings is 1. The van der Waals surface area contributed by atoms with Crippen LogP contribution in [0.2, 0.25) is 0 Å². The summed E-state index contributed by atoms with van der Waals surface area (Å²) in [6.07, 6.45) is 0. The Labute approximate surface area is 318 Å². The zero-order valence-corrected chi connectivity index (χ0v) is 29.9. The van der Waals surface area contributed by atoms with Crippen molar-refractivity contribution in [1.29, 1.82) is 0 Å². The zero-order valence-electron chi connectivity index (χ0n) is 29.9. The van der Waals surface area contributed by atoms with Crippen LogP contribution in [0.1, 0.15) is 0 Å². The fourth-order valence-electron chi connectivity index (χ4n) is 8.40. The van der Waals surface area contributed by atoms with Crippen LogP contribution in [0.4, 0.5) is 17.1 Å². The van der Waals surface area contributed by atoms with E-state index in [1.54, 1.807) is 0 Å². The third-order valence-corrected chi connectivity index (χ3v) is 11.0. The van der Waals surface area contributed by atoms with Gasteiger partial charge in [0.2, 0.25) is 0 Å². The molecule has 2 aromatic heterocycles. The fourth-order valence-corrected chi connectivity index (χ4v) is 8.40. The number of rotatable bonds is 6. The summed E-state index contributed by atoms with van der Waals surface area (Å²) in [6, 6.07) is 73.8. The second-order valence-electron chi connectivity index (χ2n) is 14.1. The van der Waals surface area contributed by atoms with Crippen molar-refractivity contribution in [1.82, 2.24) is 4.57 Å². The van der Waals surface area contributed by atoms with Crippen LogP contribution in [-0.2, 0) is 0 Å². The van der Waals surface area contributed by atoms with Gasteiger partial charge in [-0.2, -0.15) is 0 Å². The Balaban J connectivity index is 1.05. The first-order valence-corrected chi connectivity index (χ1v) is 18.8. The van der Waals surface area contributed by atoms with E-state index in [4.69, 9.17) is 4.42 Å².